The summed E-state index contributed by atoms with van der Waals surface area (Å²) in [6.07, 6.45) is 0.293. The number of hydrogen-bond donors (Lipinski definition) is 2. The second kappa shape index (κ2) is 7.44. The Labute approximate surface area is 167 Å². The SMILES string of the molecule is Cc1ccc(CC(=O)Nc2ccc(-c3nc4ccccc4s3)c(O)c2)cc1C. The Balaban J connectivity index is 1.50. The predicted molar refractivity (Wildman–Crippen MR) is 115 cm³/mol. The van der Waals surface area contributed by atoms with Gasteiger partial charge < -0.3 is 10.4 Å². The van der Waals surface area contributed by atoms with Gasteiger partial charge in [-0.05, 0) is 54.8 Å². The highest BCUT2D eigenvalue weighted by Crippen LogP contribution is 2.36. The van der Waals surface area contributed by atoms with Crippen LogP contribution in [0.5, 0.6) is 5.75 Å². The van der Waals surface area contributed by atoms with Gasteiger partial charge in [0.05, 0.1) is 22.2 Å². The Morgan fingerprint density at radius 1 is 1.04 bits per heavy atom. The molecule has 0 atom stereocenters. The zero-order chi connectivity index (χ0) is 19.7. The molecule has 0 unspecified atom stereocenters. The van der Waals surface area contributed by atoms with E-state index in [1.165, 1.54) is 22.5 Å². The largest absolute Gasteiger partial charge is 0.507 e. The predicted octanol–water partition coefficient (Wildman–Crippen LogP) is 5.47. The molecule has 0 saturated heterocycles. The maximum atomic E-state index is 12.4. The van der Waals surface area contributed by atoms with E-state index in [1.54, 1.807) is 18.2 Å². The number of phenolic OH excluding ortho intramolecular Hbond substituents is 1. The Morgan fingerprint density at radius 2 is 1.86 bits per heavy atom. The molecule has 4 nitrogen and oxygen atoms in total. The Morgan fingerprint density at radius 3 is 2.61 bits per heavy atom. The number of carbonyl (C=O) groups excluding carboxylic acids is 1. The first kappa shape index (κ1) is 18.2. The molecule has 140 valence electrons. The highest BCUT2D eigenvalue weighted by Gasteiger charge is 2.12. The summed E-state index contributed by atoms with van der Waals surface area (Å²) >= 11 is 1.53. The molecule has 4 aromatic rings. The number of aryl methyl sites for hydroxylation is 2. The summed E-state index contributed by atoms with van der Waals surface area (Å²) in [6, 6.07) is 19.0. The Hall–Kier alpha value is -3.18. The van der Waals surface area contributed by atoms with Crippen molar-refractivity contribution >= 4 is 33.1 Å². The number of thiazole rings is 1. The van der Waals surface area contributed by atoms with Crippen molar-refractivity contribution in [1.82, 2.24) is 4.98 Å². The molecule has 0 radical (unpaired) electrons. The molecule has 0 aliphatic rings. The number of aromatic hydroxyl groups is 1. The molecule has 3 aromatic carbocycles. The molecule has 5 heteroatoms. The summed E-state index contributed by atoms with van der Waals surface area (Å²) in [6.45, 7) is 4.09. The lowest BCUT2D eigenvalue weighted by atomic mass is 10.0. The number of phenols is 1. The molecular formula is C23H20N2O2S. The van der Waals surface area contributed by atoms with Crippen molar-refractivity contribution in [3.05, 3.63) is 77.4 Å². The lowest BCUT2D eigenvalue weighted by molar-refractivity contribution is -0.115. The van der Waals surface area contributed by atoms with Crippen LogP contribution in [0.25, 0.3) is 20.8 Å². The number of carbonyl (C=O) groups is 1. The van der Waals surface area contributed by atoms with Crippen LogP contribution < -0.4 is 5.32 Å². The van der Waals surface area contributed by atoms with Crippen molar-refractivity contribution in [1.29, 1.82) is 0 Å². The van der Waals surface area contributed by atoms with Gasteiger partial charge in [0.1, 0.15) is 10.8 Å². The first-order chi connectivity index (χ1) is 13.5. The van der Waals surface area contributed by atoms with Crippen LogP contribution in [-0.4, -0.2) is 16.0 Å². The van der Waals surface area contributed by atoms with Crippen molar-refractivity contribution < 1.29 is 9.90 Å². The van der Waals surface area contributed by atoms with Gasteiger partial charge in [-0.15, -0.1) is 11.3 Å². The van der Waals surface area contributed by atoms with Gasteiger partial charge in [0.25, 0.3) is 0 Å². The van der Waals surface area contributed by atoms with Crippen LogP contribution in [0.4, 0.5) is 5.69 Å². The van der Waals surface area contributed by atoms with E-state index >= 15 is 0 Å². The van der Waals surface area contributed by atoms with Crippen LogP contribution in [-0.2, 0) is 11.2 Å². The highest BCUT2D eigenvalue weighted by atomic mass is 32.1. The van der Waals surface area contributed by atoms with Gasteiger partial charge in [-0.1, -0.05) is 30.3 Å². The molecule has 0 fully saturated rings. The van der Waals surface area contributed by atoms with Gasteiger partial charge in [0, 0.05) is 11.8 Å². The van der Waals surface area contributed by atoms with Crippen molar-refractivity contribution in [2.24, 2.45) is 0 Å². The summed E-state index contributed by atoms with van der Waals surface area (Å²) < 4.78 is 1.07. The summed E-state index contributed by atoms with van der Waals surface area (Å²) in [4.78, 5) is 16.9. The third-order valence-corrected chi connectivity index (χ3v) is 5.81. The summed E-state index contributed by atoms with van der Waals surface area (Å²) in [7, 11) is 0. The first-order valence-corrected chi connectivity index (χ1v) is 9.86. The van der Waals surface area contributed by atoms with E-state index < -0.39 is 0 Å². The zero-order valence-electron chi connectivity index (χ0n) is 15.7. The molecule has 0 saturated carbocycles. The fourth-order valence-electron chi connectivity index (χ4n) is 3.08. The standard InChI is InChI=1S/C23H20N2O2S/c1-14-7-8-16(11-15(14)2)12-22(27)24-17-9-10-18(20(26)13-17)23-25-19-5-3-4-6-21(19)28-23/h3-11,13,26H,12H2,1-2H3,(H,24,27). The maximum absolute atomic E-state index is 12.4. The molecule has 2 N–H and O–H groups in total. The second-order valence-corrected chi connectivity index (χ2v) is 7.89. The van der Waals surface area contributed by atoms with Gasteiger partial charge in [-0.25, -0.2) is 4.98 Å². The summed E-state index contributed by atoms with van der Waals surface area (Å²) in [5.74, 6) is -0.0153. The van der Waals surface area contributed by atoms with Crippen LogP contribution in [0.15, 0.2) is 60.7 Å². The fraction of sp³-hybridized carbons (Fsp3) is 0.130. The molecule has 1 amide bonds. The monoisotopic (exact) mass is 388 g/mol. The normalized spacial score (nSPS) is 10.9. The number of amides is 1. The van der Waals surface area contributed by atoms with Crippen LogP contribution in [0.1, 0.15) is 16.7 Å². The van der Waals surface area contributed by atoms with Crippen LogP contribution in [0.3, 0.4) is 0 Å². The molecular weight excluding hydrogens is 368 g/mol. The molecule has 4 rings (SSSR count). The van der Waals surface area contributed by atoms with E-state index in [-0.39, 0.29) is 11.7 Å². The van der Waals surface area contributed by atoms with Gasteiger partial charge >= 0.3 is 0 Å². The lowest BCUT2D eigenvalue weighted by Gasteiger charge is -2.09. The van der Waals surface area contributed by atoms with Crippen LogP contribution >= 0.6 is 11.3 Å². The number of rotatable bonds is 4. The Bertz CT molecular complexity index is 1150. The van der Waals surface area contributed by atoms with Gasteiger partial charge in [-0.3, -0.25) is 4.79 Å². The van der Waals surface area contributed by atoms with Crippen molar-refractivity contribution in [2.45, 2.75) is 20.3 Å². The van der Waals surface area contributed by atoms with E-state index in [9.17, 15) is 9.90 Å². The van der Waals surface area contributed by atoms with Crippen molar-refractivity contribution in [2.75, 3.05) is 5.32 Å². The third kappa shape index (κ3) is 3.75. The molecule has 28 heavy (non-hydrogen) atoms. The number of nitrogens with zero attached hydrogens (tertiary/aromatic N) is 1. The number of aromatic nitrogens is 1. The Kier molecular flexibility index (Phi) is 4.84. The number of hydrogen-bond acceptors (Lipinski definition) is 4. The average Bonchev–Trinajstić information content (AvgIpc) is 3.08. The van der Waals surface area contributed by atoms with Crippen LogP contribution in [0.2, 0.25) is 0 Å². The van der Waals surface area contributed by atoms with Gasteiger partial charge in [0.15, 0.2) is 0 Å². The fourth-order valence-corrected chi connectivity index (χ4v) is 4.08. The van der Waals surface area contributed by atoms with Crippen LogP contribution in [0, 0.1) is 13.8 Å². The smallest absolute Gasteiger partial charge is 0.228 e. The topological polar surface area (TPSA) is 62.2 Å². The maximum Gasteiger partial charge on any atom is 0.228 e. The minimum atomic E-state index is -0.115. The van der Waals surface area contributed by atoms with E-state index in [0.717, 1.165) is 20.8 Å². The van der Waals surface area contributed by atoms with Crippen molar-refractivity contribution in [3.63, 3.8) is 0 Å². The molecule has 0 aliphatic heterocycles. The lowest BCUT2D eigenvalue weighted by Crippen LogP contribution is -2.14. The first-order valence-electron chi connectivity index (χ1n) is 9.04. The number of benzene rings is 3. The van der Waals surface area contributed by atoms with Gasteiger partial charge in [0.2, 0.25) is 5.91 Å². The summed E-state index contributed by atoms with van der Waals surface area (Å²) in [5.41, 5.74) is 5.48. The number of fused-ring (bicyclic) bond motifs is 1. The number of nitrogens with one attached hydrogen (secondary N) is 1. The molecule has 1 aromatic heterocycles. The molecule has 0 bridgehead atoms. The average molecular weight is 388 g/mol. The molecule has 0 spiro atoms. The highest BCUT2D eigenvalue weighted by molar-refractivity contribution is 7.21. The minimum Gasteiger partial charge on any atom is -0.507 e. The zero-order valence-corrected chi connectivity index (χ0v) is 16.5. The van der Waals surface area contributed by atoms with Crippen molar-refractivity contribution in [3.8, 4) is 16.3 Å². The quantitative estimate of drug-likeness (QED) is 0.487. The minimum absolute atomic E-state index is 0.100. The molecule has 1 heterocycles. The third-order valence-electron chi connectivity index (χ3n) is 4.74. The molecule has 0 aliphatic carbocycles. The summed E-state index contributed by atoms with van der Waals surface area (Å²) in [5, 5.41) is 14.1. The van der Waals surface area contributed by atoms with E-state index in [4.69, 9.17) is 0 Å². The van der Waals surface area contributed by atoms with E-state index in [0.29, 0.717) is 17.7 Å². The number of anilines is 1. The van der Waals surface area contributed by atoms with E-state index in [1.807, 2.05) is 49.4 Å². The number of para-hydroxylation sites is 1. The van der Waals surface area contributed by atoms with Gasteiger partial charge in [-0.2, -0.15) is 0 Å². The second-order valence-electron chi connectivity index (χ2n) is 6.86. The van der Waals surface area contributed by atoms with E-state index in [2.05, 4.69) is 17.2 Å².